The Morgan fingerprint density at radius 2 is 2.11 bits per heavy atom. The molecule has 156 valence electrons. The summed E-state index contributed by atoms with van der Waals surface area (Å²) in [6, 6.07) is -0.158. The summed E-state index contributed by atoms with van der Waals surface area (Å²) in [4.78, 5) is 39.6. The lowest BCUT2D eigenvalue weighted by molar-refractivity contribution is -0.192. The highest BCUT2D eigenvalue weighted by Gasteiger charge is 2.51. The molecular weight excluding hydrogens is 366 g/mol. The number of nitrogens with zero attached hydrogens (tertiary/aromatic N) is 1. The van der Waals surface area contributed by atoms with Crippen LogP contribution in [0.5, 0.6) is 0 Å². The predicted molar refractivity (Wildman–Crippen MR) is 98.1 cm³/mol. The second-order valence-electron chi connectivity index (χ2n) is 8.22. The van der Waals surface area contributed by atoms with Gasteiger partial charge in [0.2, 0.25) is 5.60 Å². The van der Waals surface area contributed by atoms with Crippen molar-refractivity contribution >= 4 is 17.9 Å². The fourth-order valence-corrected chi connectivity index (χ4v) is 4.38. The molecule has 3 aliphatic rings. The first-order chi connectivity index (χ1) is 13.1. The number of esters is 3. The molecule has 8 heteroatoms. The average Bonchev–Trinajstić information content (AvgIpc) is 3.21. The molecule has 0 aromatic carbocycles. The van der Waals surface area contributed by atoms with E-state index in [4.69, 9.17) is 14.2 Å². The first-order valence-electron chi connectivity index (χ1n) is 9.84. The van der Waals surface area contributed by atoms with Gasteiger partial charge in [-0.05, 0) is 31.8 Å². The van der Waals surface area contributed by atoms with Crippen molar-refractivity contribution in [2.75, 3.05) is 19.7 Å². The fraction of sp³-hybridized carbons (Fsp3) is 0.750. The summed E-state index contributed by atoms with van der Waals surface area (Å²) in [6.45, 7) is 7.52. The molecule has 0 unspecified atom stereocenters. The third-order valence-electron chi connectivity index (χ3n) is 6.35. The fourth-order valence-electron chi connectivity index (χ4n) is 4.38. The Morgan fingerprint density at radius 3 is 2.75 bits per heavy atom. The van der Waals surface area contributed by atoms with Crippen LogP contribution in [0.1, 0.15) is 47.0 Å². The molecule has 3 heterocycles. The molecule has 0 aliphatic carbocycles. The number of hydrogen-bond acceptors (Lipinski definition) is 8. The van der Waals surface area contributed by atoms with E-state index in [0.717, 1.165) is 12.1 Å². The Kier molecular flexibility index (Phi) is 5.55. The molecule has 2 saturated heterocycles. The number of aliphatic hydroxyl groups is 1. The van der Waals surface area contributed by atoms with Crippen LogP contribution < -0.4 is 0 Å². The summed E-state index contributed by atoms with van der Waals surface area (Å²) >= 11 is 0. The molecule has 0 aromatic heterocycles. The normalized spacial score (nSPS) is 39.2. The van der Waals surface area contributed by atoms with E-state index in [1.165, 1.54) is 13.8 Å². The summed E-state index contributed by atoms with van der Waals surface area (Å²) in [5, 5.41) is 11.0. The molecule has 0 saturated carbocycles. The van der Waals surface area contributed by atoms with Gasteiger partial charge in [-0.3, -0.25) is 9.69 Å². The van der Waals surface area contributed by atoms with E-state index < -0.39 is 35.0 Å². The van der Waals surface area contributed by atoms with Crippen molar-refractivity contribution in [2.24, 2.45) is 5.92 Å². The van der Waals surface area contributed by atoms with Crippen molar-refractivity contribution in [1.29, 1.82) is 0 Å². The van der Waals surface area contributed by atoms with Crippen LogP contribution >= 0.6 is 0 Å². The number of carbonyl (C=O) groups is 3. The topological polar surface area (TPSA) is 102 Å². The van der Waals surface area contributed by atoms with Gasteiger partial charge < -0.3 is 19.3 Å². The van der Waals surface area contributed by atoms with E-state index in [9.17, 15) is 19.5 Å². The third kappa shape index (κ3) is 3.55. The van der Waals surface area contributed by atoms with Gasteiger partial charge in [-0.25, -0.2) is 9.59 Å². The molecule has 3 aliphatic heterocycles. The van der Waals surface area contributed by atoms with Crippen molar-refractivity contribution < 1.29 is 33.7 Å². The smallest absolute Gasteiger partial charge is 0.350 e. The first kappa shape index (κ1) is 20.8. The highest BCUT2D eigenvalue weighted by atomic mass is 16.6. The van der Waals surface area contributed by atoms with Gasteiger partial charge in [0.25, 0.3) is 0 Å². The number of ether oxygens (including phenoxy) is 3. The van der Waals surface area contributed by atoms with Crippen LogP contribution in [0, 0.1) is 5.92 Å². The molecule has 3 rings (SSSR count). The van der Waals surface area contributed by atoms with Crippen LogP contribution in [0.2, 0.25) is 0 Å². The Bertz CT molecular complexity index is 705. The quantitative estimate of drug-likeness (QED) is 0.419. The monoisotopic (exact) mass is 395 g/mol. The molecule has 0 radical (unpaired) electrons. The van der Waals surface area contributed by atoms with E-state index in [1.54, 1.807) is 13.8 Å². The zero-order valence-corrected chi connectivity index (χ0v) is 16.9. The summed E-state index contributed by atoms with van der Waals surface area (Å²) in [5.41, 5.74) is -2.54. The second-order valence-corrected chi connectivity index (χ2v) is 8.22. The maximum atomic E-state index is 12.9. The number of carbonyl (C=O) groups excluding carboxylic acids is 3. The van der Waals surface area contributed by atoms with E-state index in [1.807, 2.05) is 6.08 Å². The molecule has 1 N–H and O–H groups in total. The standard InChI is InChI=1S/C20H29NO7/c1-5-20(25)10-12(2)19(4,28-13(3)22)17(23)26-11-14-6-8-21-9-7-15(16(14)21)27-18(20)24/h6,12,15-16,25H,5,7-11H2,1-4H3/t12-,15-,16-,19+,20+/m1/s1. The largest absolute Gasteiger partial charge is 0.458 e. The maximum Gasteiger partial charge on any atom is 0.350 e. The number of cyclic esters (lactones) is 1. The molecule has 5 atom stereocenters. The van der Waals surface area contributed by atoms with Gasteiger partial charge in [0, 0.05) is 25.9 Å². The summed E-state index contributed by atoms with van der Waals surface area (Å²) in [6.07, 6.45) is 2.29. The van der Waals surface area contributed by atoms with E-state index in [-0.39, 0.29) is 31.6 Å². The van der Waals surface area contributed by atoms with Crippen LogP contribution in [0.4, 0.5) is 0 Å². The SMILES string of the molecule is CC[C@]1(O)C[C@@H](C)[C@](C)(OC(C)=O)C(=O)OCC2=CCN3CC[C@@H](OC1=O)[C@@H]23. The minimum atomic E-state index is -1.78. The first-order valence-corrected chi connectivity index (χ1v) is 9.84. The Labute approximate surface area is 164 Å². The van der Waals surface area contributed by atoms with Gasteiger partial charge in [0.15, 0.2) is 5.60 Å². The summed E-state index contributed by atoms with van der Waals surface area (Å²) < 4.78 is 16.6. The maximum absolute atomic E-state index is 12.9. The minimum Gasteiger partial charge on any atom is -0.458 e. The molecule has 0 spiro atoms. The van der Waals surface area contributed by atoms with Crippen molar-refractivity contribution in [2.45, 2.75) is 70.3 Å². The average molecular weight is 395 g/mol. The van der Waals surface area contributed by atoms with Crippen LogP contribution in [0.15, 0.2) is 11.6 Å². The molecule has 2 fully saturated rings. The molecule has 0 aromatic rings. The zero-order chi connectivity index (χ0) is 20.7. The second kappa shape index (κ2) is 7.48. The van der Waals surface area contributed by atoms with Gasteiger partial charge in [0.05, 0.1) is 6.04 Å². The Morgan fingerprint density at radius 1 is 1.39 bits per heavy atom. The minimum absolute atomic E-state index is 0.0513. The highest BCUT2D eigenvalue weighted by Crippen LogP contribution is 2.37. The van der Waals surface area contributed by atoms with Gasteiger partial charge in [-0.2, -0.15) is 0 Å². The van der Waals surface area contributed by atoms with Crippen molar-refractivity contribution in [3.63, 3.8) is 0 Å². The van der Waals surface area contributed by atoms with Gasteiger partial charge in [-0.15, -0.1) is 0 Å². The molecule has 0 bridgehead atoms. The van der Waals surface area contributed by atoms with E-state index >= 15 is 0 Å². The molecule has 8 nitrogen and oxygen atoms in total. The molecular formula is C20H29NO7. The lowest BCUT2D eigenvalue weighted by Crippen LogP contribution is -2.53. The van der Waals surface area contributed by atoms with Gasteiger partial charge in [0.1, 0.15) is 12.7 Å². The zero-order valence-electron chi connectivity index (χ0n) is 16.9. The summed E-state index contributed by atoms with van der Waals surface area (Å²) in [7, 11) is 0. The van der Waals surface area contributed by atoms with Crippen LogP contribution in [-0.2, 0) is 28.6 Å². The number of hydrogen-bond donors (Lipinski definition) is 1. The van der Waals surface area contributed by atoms with Crippen molar-refractivity contribution in [1.82, 2.24) is 4.90 Å². The van der Waals surface area contributed by atoms with Crippen LogP contribution in [-0.4, -0.2) is 71.0 Å². The van der Waals surface area contributed by atoms with Gasteiger partial charge >= 0.3 is 17.9 Å². The lowest BCUT2D eigenvalue weighted by Gasteiger charge is -2.38. The van der Waals surface area contributed by atoms with Crippen molar-refractivity contribution in [3.05, 3.63) is 11.6 Å². The van der Waals surface area contributed by atoms with Gasteiger partial charge in [-0.1, -0.05) is 19.9 Å². The summed E-state index contributed by atoms with van der Waals surface area (Å²) in [5.74, 6) is -2.69. The van der Waals surface area contributed by atoms with Crippen LogP contribution in [0.25, 0.3) is 0 Å². The lowest BCUT2D eigenvalue weighted by atomic mass is 9.79. The Hall–Kier alpha value is -1.93. The molecule has 28 heavy (non-hydrogen) atoms. The van der Waals surface area contributed by atoms with Crippen molar-refractivity contribution in [3.8, 4) is 0 Å². The predicted octanol–water partition coefficient (Wildman–Crippen LogP) is 0.958. The highest BCUT2D eigenvalue weighted by molar-refractivity contribution is 5.84. The van der Waals surface area contributed by atoms with Crippen LogP contribution in [0.3, 0.4) is 0 Å². The number of rotatable bonds is 2. The van der Waals surface area contributed by atoms with E-state index in [0.29, 0.717) is 13.0 Å². The Balaban J connectivity index is 1.97. The van der Waals surface area contributed by atoms with E-state index in [2.05, 4.69) is 4.90 Å². The third-order valence-corrected chi connectivity index (χ3v) is 6.35. The molecule has 0 amide bonds.